The summed E-state index contributed by atoms with van der Waals surface area (Å²) in [6.45, 7) is -0.838. The molecule has 14 heteroatoms. The van der Waals surface area contributed by atoms with Crippen LogP contribution in [0.2, 0.25) is 6.04 Å². The largest absolute Gasteiger partial charge is 0.406 e. The monoisotopic (exact) mass is 416 g/mol. The van der Waals surface area contributed by atoms with Crippen LogP contribution in [-0.4, -0.2) is 57.1 Å². The predicted octanol–water partition coefficient (Wildman–Crippen LogP) is 4.93. The number of hydrogen-bond donors (Lipinski definition) is 0. The fraction of sp³-hybridized carbons (Fsp3) is 1.00. The zero-order valence-electron chi connectivity index (χ0n) is 12.1. The third-order valence-corrected chi connectivity index (χ3v) is 7.78. The predicted molar refractivity (Wildman–Crippen MR) is 62.4 cm³/mol. The minimum absolute atomic E-state index is 0.0802. The second kappa shape index (κ2) is 7.16. The van der Waals surface area contributed by atoms with Gasteiger partial charge in [0.1, 0.15) is 0 Å². The molecule has 1 fully saturated rings. The van der Waals surface area contributed by atoms with Crippen molar-refractivity contribution in [2.45, 2.75) is 61.1 Å². The van der Waals surface area contributed by atoms with Crippen LogP contribution in [0.1, 0.15) is 12.8 Å². The smallest absolute Gasteiger partial charge is 0.391 e. The lowest BCUT2D eigenvalue weighted by Gasteiger charge is -2.42. The Labute approximate surface area is 134 Å². The molecule has 0 aromatic carbocycles. The molecule has 0 N–H and O–H groups in total. The summed E-state index contributed by atoms with van der Waals surface area (Å²) in [6.07, 6.45) is -14.4. The second-order valence-corrected chi connectivity index (χ2v) is 9.12. The molecule has 1 nitrogen and oxygen atoms in total. The van der Waals surface area contributed by atoms with Gasteiger partial charge in [0.2, 0.25) is 6.17 Å². The van der Waals surface area contributed by atoms with Crippen LogP contribution >= 0.6 is 0 Å². The molecule has 0 saturated carbocycles. The summed E-state index contributed by atoms with van der Waals surface area (Å²) in [5, 5.41) is 0. The number of alkyl halides is 12. The molecule has 0 bridgehead atoms. The first-order valence-electron chi connectivity index (χ1n) is 6.79. The van der Waals surface area contributed by atoms with Crippen molar-refractivity contribution in [3.8, 4) is 0 Å². The van der Waals surface area contributed by atoms with E-state index in [4.69, 9.17) is 0 Å². The second-order valence-electron chi connectivity index (χ2n) is 5.48. The standard InChI is InChI=1S/C11H12F12OSi/c12-5(7(14)15)6(13)9(17,18)10(19,20)8(16)25(11(21,22)23)4-2-1-3-24-25/h5-8H,1-4H2. The Morgan fingerprint density at radius 2 is 1.28 bits per heavy atom. The summed E-state index contributed by atoms with van der Waals surface area (Å²) in [7, 11) is -6.21. The highest BCUT2D eigenvalue weighted by atomic mass is 28.4. The van der Waals surface area contributed by atoms with Crippen LogP contribution in [0.3, 0.4) is 0 Å². The van der Waals surface area contributed by atoms with E-state index in [0.29, 0.717) is 0 Å². The molecule has 0 spiro atoms. The fourth-order valence-corrected chi connectivity index (χ4v) is 5.70. The SMILES string of the molecule is FC(F)C(F)C(F)C(F)(F)C(F)(F)C(F)[Si]1(C(F)(F)F)CCCCO1. The minimum atomic E-state index is -6.45. The van der Waals surface area contributed by atoms with Gasteiger partial charge in [-0.05, 0) is 12.5 Å². The molecule has 0 amide bonds. The van der Waals surface area contributed by atoms with Gasteiger partial charge in [-0.2, -0.15) is 30.7 Å². The highest BCUT2D eigenvalue weighted by Gasteiger charge is 2.79. The molecule has 4 unspecified atom stereocenters. The van der Waals surface area contributed by atoms with Crippen molar-refractivity contribution in [1.29, 1.82) is 0 Å². The summed E-state index contributed by atoms with van der Waals surface area (Å²) >= 11 is 0. The van der Waals surface area contributed by atoms with E-state index >= 15 is 0 Å². The van der Waals surface area contributed by atoms with E-state index in [1.54, 1.807) is 0 Å². The van der Waals surface area contributed by atoms with Crippen molar-refractivity contribution < 1.29 is 57.1 Å². The zero-order chi connectivity index (χ0) is 19.8. The van der Waals surface area contributed by atoms with Crippen LogP contribution in [0.15, 0.2) is 0 Å². The van der Waals surface area contributed by atoms with Gasteiger partial charge in [-0.15, -0.1) is 0 Å². The lowest BCUT2D eigenvalue weighted by Crippen LogP contribution is -2.71. The van der Waals surface area contributed by atoms with Crippen LogP contribution in [-0.2, 0) is 4.43 Å². The van der Waals surface area contributed by atoms with Crippen molar-refractivity contribution in [2.24, 2.45) is 0 Å². The average Bonchev–Trinajstić information content (AvgIpc) is 2.51. The van der Waals surface area contributed by atoms with Crippen LogP contribution in [0.25, 0.3) is 0 Å². The average molecular weight is 416 g/mol. The lowest BCUT2D eigenvalue weighted by molar-refractivity contribution is -0.271. The first-order valence-corrected chi connectivity index (χ1v) is 8.99. The number of halogens is 12. The third-order valence-electron chi connectivity index (χ3n) is 3.82. The molecule has 0 aromatic heterocycles. The molecule has 4 atom stereocenters. The van der Waals surface area contributed by atoms with Crippen LogP contribution in [0, 0.1) is 0 Å². The molecule has 150 valence electrons. The summed E-state index contributed by atoms with van der Waals surface area (Å²) in [5.74, 6) is -23.3. The highest BCUT2D eigenvalue weighted by molar-refractivity contribution is 6.77. The van der Waals surface area contributed by atoms with E-state index in [2.05, 4.69) is 4.43 Å². The van der Waals surface area contributed by atoms with Gasteiger partial charge in [0.05, 0.1) is 0 Å². The summed E-state index contributed by atoms with van der Waals surface area (Å²) < 4.78 is 161. The number of hydrogen-bond acceptors (Lipinski definition) is 1. The molecular formula is C11H12F12OSi. The van der Waals surface area contributed by atoms with Crippen LogP contribution in [0.4, 0.5) is 52.7 Å². The highest BCUT2D eigenvalue weighted by Crippen LogP contribution is 2.51. The fourth-order valence-electron chi connectivity index (χ4n) is 2.36. The van der Waals surface area contributed by atoms with Crippen molar-refractivity contribution in [3.05, 3.63) is 0 Å². The van der Waals surface area contributed by atoms with Crippen molar-refractivity contribution in [2.75, 3.05) is 6.61 Å². The molecule has 1 heterocycles. The van der Waals surface area contributed by atoms with Gasteiger partial charge in [0.25, 0.3) is 6.43 Å². The molecule has 25 heavy (non-hydrogen) atoms. The Kier molecular flexibility index (Phi) is 6.41. The molecule has 0 radical (unpaired) electrons. The molecule has 0 aliphatic carbocycles. The zero-order valence-corrected chi connectivity index (χ0v) is 13.1. The Balaban J connectivity index is 3.28. The summed E-state index contributed by atoms with van der Waals surface area (Å²) in [6, 6.07) is -1.34. The van der Waals surface area contributed by atoms with E-state index in [9.17, 15) is 52.7 Å². The maximum absolute atomic E-state index is 14.0. The minimum Gasteiger partial charge on any atom is -0.406 e. The van der Waals surface area contributed by atoms with Crippen molar-refractivity contribution >= 4 is 8.32 Å². The first-order chi connectivity index (χ1) is 11.1. The summed E-state index contributed by atoms with van der Waals surface area (Å²) in [4.78, 5) is 0. The Morgan fingerprint density at radius 3 is 1.64 bits per heavy atom. The normalized spacial score (nSPS) is 27.2. The van der Waals surface area contributed by atoms with E-state index < -0.39 is 69.6 Å². The van der Waals surface area contributed by atoms with Crippen molar-refractivity contribution in [3.63, 3.8) is 0 Å². The van der Waals surface area contributed by atoms with Crippen LogP contribution < -0.4 is 0 Å². The van der Waals surface area contributed by atoms with Gasteiger partial charge in [0, 0.05) is 6.61 Å². The molecule has 1 aliphatic heterocycles. The van der Waals surface area contributed by atoms with Crippen molar-refractivity contribution in [1.82, 2.24) is 0 Å². The van der Waals surface area contributed by atoms with E-state index in [0.717, 1.165) is 0 Å². The van der Waals surface area contributed by atoms with E-state index in [1.807, 2.05) is 0 Å². The topological polar surface area (TPSA) is 9.23 Å². The Bertz CT molecular complexity index is 447. The quantitative estimate of drug-likeness (QED) is 0.441. The molecule has 1 rings (SSSR count). The Hall–Kier alpha value is -0.663. The lowest BCUT2D eigenvalue weighted by atomic mass is 10.0. The number of rotatable bonds is 6. The Morgan fingerprint density at radius 1 is 0.760 bits per heavy atom. The maximum Gasteiger partial charge on any atom is 0.391 e. The maximum atomic E-state index is 14.0. The third kappa shape index (κ3) is 3.73. The van der Waals surface area contributed by atoms with Gasteiger partial charge >= 0.3 is 26.0 Å². The van der Waals surface area contributed by atoms with Gasteiger partial charge in [-0.3, -0.25) is 0 Å². The van der Waals surface area contributed by atoms with Crippen LogP contribution in [0.5, 0.6) is 0 Å². The molecular weight excluding hydrogens is 404 g/mol. The first kappa shape index (κ1) is 22.4. The van der Waals surface area contributed by atoms with E-state index in [1.165, 1.54) is 0 Å². The molecule has 1 saturated heterocycles. The molecule has 1 aliphatic rings. The van der Waals surface area contributed by atoms with Gasteiger partial charge in [0.15, 0.2) is 12.0 Å². The van der Waals surface area contributed by atoms with Gasteiger partial charge in [-0.1, -0.05) is 6.42 Å². The van der Waals surface area contributed by atoms with Gasteiger partial charge < -0.3 is 4.43 Å². The summed E-state index contributed by atoms with van der Waals surface area (Å²) in [5.41, 5.74) is 0. The van der Waals surface area contributed by atoms with Gasteiger partial charge in [-0.25, -0.2) is 22.0 Å². The molecule has 0 aromatic rings. The van der Waals surface area contributed by atoms with E-state index in [-0.39, 0.29) is 6.42 Å².